The van der Waals surface area contributed by atoms with Crippen LogP contribution in [-0.4, -0.2) is 66.5 Å². The van der Waals surface area contributed by atoms with Gasteiger partial charge in [-0.2, -0.15) is 0 Å². The quantitative estimate of drug-likeness (QED) is 0.0197. The van der Waals surface area contributed by atoms with E-state index in [2.05, 4.69) is 173 Å². The molecule has 78 heavy (non-hydrogen) atoms. The molecule has 438 valence electrons. The zero-order valence-electron chi connectivity index (χ0n) is 48.3. The number of carbonyl (C=O) groups excluding carboxylic acids is 3. The summed E-state index contributed by atoms with van der Waals surface area (Å²) in [5.41, 5.74) is 0. The number of allylic oxidation sites excluding steroid dienone is 26. The van der Waals surface area contributed by atoms with Crippen LogP contribution in [0.15, 0.2) is 158 Å². The molecule has 0 amide bonds. The van der Waals surface area contributed by atoms with E-state index in [0.29, 0.717) is 25.7 Å². The van der Waals surface area contributed by atoms with Gasteiger partial charge in [0.25, 0.3) is 0 Å². The Morgan fingerprint density at radius 3 is 1.03 bits per heavy atom. The molecule has 2 N–H and O–H groups in total. The summed E-state index contributed by atoms with van der Waals surface area (Å²) in [7, 11) is -4.79. The molecule has 0 spiro atoms. The molecule has 0 saturated heterocycles. The van der Waals surface area contributed by atoms with E-state index >= 15 is 0 Å². The number of ether oxygens (including phenoxy) is 3. The summed E-state index contributed by atoms with van der Waals surface area (Å²) in [5, 5.41) is 9.82. The molecule has 0 saturated carbocycles. The second-order valence-electron chi connectivity index (χ2n) is 18.7. The van der Waals surface area contributed by atoms with Crippen LogP contribution in [0.3, 0.4) is 0 Å². The van der Waals surface area contributed by atoms with Crippen molar-refractivity contribution in [2.24, 2.45) is 0 Å². The van der Waals surface area contributed by atoms with Gasteiger partial charge < -0.3 is 24.2 Å². The molecule has 12 heteroatoms. The Hall–Kier alpha value is -4.90. The number of rotatable bonds is 52. The molecule has 0 heterocycles. The predicted octanol–water partition coefficient (Wildman–Crippen LogP) is 17.7. The van der Waals surface area contributed by atoms with E-state index in [-0.39, 0.29) is 25.9 Å². The van der Waals surface area contributed by atoms with E-state index in [1.807, 2.05) is 6.08 Å². The smallest absolute Gasteiger partial charge is 0.462 e. The summed E-state index contributed by atoms with van der Waals surface area (Å²) in [4.78, 5) is 48.6. The zero-order chi connectivity index (χ0) is 56.9. The number of aliphatic hydroxyl groups is 1. The van der Waals surface area contributed by atoms with Gasteiger partial charge in [0.15, 0.2) is 6.10 Å². The largest absolute Gasteiger partial charge is 0.472 e. The summed E-state index contributed by atoms with van der Waals surface area (Å²) in [6.07, 6.45) is 76.4. The Morgan fingerprint density at radius 1 is 0.359 bits per heavy atom. The highest BCUT2D eigenvalue weighted by molar-refractivity contribution is 7.47. The van der Waals surface area contributed by atoms with E-state index in [0.717, 1.165) is 135 Å². The number of hydrogen-bond donors (Lipinski definition) is 2. The number of esters is 3. The summed E-state index contributed by atoms with van der Waals surface area (Å²) in [5.74, 6) is -1.62. The van der Waals surface area contributed by atoms with Gasteiger partial charge in [-0.25, -0.2) is 4.57 Å². The number of hydrogen-bond acceptors (Lipinski definition) is 10. The minimum Gasteiger partial charge on any atom is -0.462 e. The van der Waals surface area contributed by atoms with Gasteiger partial charge in [0.05, 0.1) is 19.8 Å². The van der Waals surface area contributed by atoms with E-state index in [9.17, 15) is 28.9 Å². The Kier molecular flexibility index (Phi) is 54.6. The predicted molar refractivity (Wildman–Crippen MR) is 325 cm³/mol. The number of aliphatic hydroxyl groups excluding tert-OH is 1. The Balaban J connectivity index is 4.90. The van der Waals surface area contributed by atoms with Crippen molar-refractivity contribution < 1.29 is 52.2 Å². The van der Waals surface area contributed by atoms with Crippen LogP contribution in [0, 0.1) is 0 Å². The molecule has 0 fully saturated rings. The molecule has 0 aromatic heterocycles. The fourth-order valence-corrected chi connectivity index (χ4v) is 7.86. The maximum atomic E-state index is 12.9. The Bertz CT molecular complexity index is 1910. The molecule has 11 nitrogen and oxygen atoms in total. The Morgan fingerprint density at radius 2 is 0.641 bits per heavy atom. The number of phosphoric ester groups is 1. The molecule has 3 unspecified atom stereocenters. The average molecular weight is 1100 g/mol. The first-order valence-electron chi connectivity index (χ1n) is 29.4. The van der Waals surface area contributed by atoms with Gasteiger partial charge in [0, 0.05) is 19.3 Å². The second kappa shape index (κ2) is 58.3. The van der Waals surface area contributed by atoms with Crippen molar-refractivity contribution in [3.05, 3.63) is 158 Å². The molecule has 3 atom stereocenters. The molecule has 0 radical (unpaired) electrons. The lowest BCUT2D eigenvalue weighted by atomic mass is 10.1. The van der Waals surface area contributed by atoms with Crippen molar-refractivity contribution in [3.63, 3.8) is 0 Å². The molecular formula is C66H103O11P. The van der Waals surface area contributed by atoms with Gasteiger partial charge in [-0.3, -0.25) is 23.4 Å². The van der Waals surface area contributed by atoms with Crippen LogP contribution in [0.1, 0.15) is 201 Å². The molecule has 0 bridgehead atoms. The summed E-state index contributed by atoms with van der Waals surface area (Å²) < 4.78 is 39.5. The average Bonchev–Trinajstić information content (AvgIpc) is 3.43. The van der Waals surface area contributed by atoms with Gasteiger partial charge >= 0.3 is 25.7 Å². The first kappa shape index (κ1) is 73.1. The molecular weight excluding hydrogens is 1000 g/mol. The number of carbonyl (C=O) groups is 3. The van der Waals surface area contributed by atoms with E-state index in [4.69, 9.17) is 23.3 Å². The lowest BCUT2D eigenvalue weighted by molar-refractivity contribution is -0.161. The topological polar surface area (TPSA) is 155 Å². The lowest BCUT2D eigenvalue weighted by Crippen LogP contribution is -2.30. The van der Waals surface area contributed by atoms with E-state index in [1.165, 1.54) is 0 Å². The summed E-state index contributed by atoms with van der Waals surface area (Å²) >= 11 is 0. The highest BCUT2D eigenvalue weighted by Crippen LogP contribution is 2.43. The van der Waals surface area contributed by atoms with Crippen LogP contribution in [0.5, 0.6) is 0 Å². The Labute approximate surface area is 473 Å². The molecule has 0 rings (SSSR count). The van der Waals surface area contributed by atoms with Crippen LogP contribution in [0.25, 0.3) is 0 Å². The minimum atomic E-state index is -4.79. The molecule has 0 aromatic carbocycles. The number of phosphoric acid groups is 1. The van der Waals surface area contributed by atoms with Crippen LogP contribution < -0.4 is 0 Å². The fourth-order valence-electron chi connectivity index (χ4n) is 7.08. The van der Waals surface area contributed by atoms with Gasteiger partial charge in [-0.1, -0.05) is 204 Å². The third kappa shape index (κ3) is 55.8. The van der Waals surface area contributed by atoms with Gasteiger partial charge in [-0.05, 0) is 135 Å². The summed E-state index contributed by atoms with van der Waals surface area (Å²) in [6, 6.07) is 0. The van der Waals surface area contributed by atoms with Crippen LogP contribution in [0.4, 0.5) is 0 Å². The minimum absolute atomic E-state index is 0.111. The second-order valence-corrected chi connectivity index (χ2v) is 20.1. The van der Waals surface area contributed by atoms with Crippen LogP contribution >= 0.6 is 7.82 Å². The van der Waals surface area contributed by atoms with E-state index < -0.39 is 57.8 Å². The third-order valence-corrected chi connectivity index (χ3v) is 12.4. The van der Waals surface area contributed by atoms with Crippen molar-refractivity contribution >= 4 is 25.7 Å². The normalized spacial score (nSPS) is 14.5. The van der Waals surface area contributed by atoms with Gasteiger partial charge in [0.2, 0.25) is 0 Å². The molecule has 0 aromatic rings. The van der Waals surface area contributed by atoms with Crippen molar-refractivity contribution in [3.8, 4) is 0 Å². The third-order valence-electron chi connectivity index (χ3n) is 11.4. The highest BCUT2D eigenvalue weighted by Gasteiger charge is 2.28. The zero-order valence-corrected chi connectivity index (χ0v) is 49.2. The maximum Gasteiger partial charge on any atom is 0.472 e. The van der Waals surface area contributed by atoms with E-state index in [1.54, 1.807) is 0 Å². The first-order chi connectivity index (χ1) is 38.2. The SMILES string of the molecule is CC/C=C\C/C=C\C/C=C\C/C=C\C/C=C\CCCC(=O)OCC(COP(=O)(O)OCC(CO)OC(=O)CCCC/C=C\C/C=C\C/C=C\C/C=C\CC)OC(=O)CCCCCCCC/C=C\C/C=C\C/C=C\C/C=C\CC. The van der Waals surface area contributed by atoms with Crippen LogP contribution in [-0.2, 0) is 42.2 Å². The standard InChI is InChI=1S/C66H103O11P/c1-4-7-10-13-16-19-22-25-28-30-31-33-36-39-42-45-48-51-54-57-66(70)77-63(59-73-64(68)55-52-49-46-43-40-37-35-32-29-26-23-20-17-14-11-8-5-2)61-75-78(71,72)74-60-62(58-67)76-65(69)56-53-50-47-44-41-38-34-27-24-21-18-15-12-9-6-3/h7-12,16-21,25-29,31,33-35,37,41,43-44,46,62-63,67H,4-6,13-15,22-24,30,32,36,38-40,42,45,47-61H2,1-3H3,(H,71,72)/b10-7-,11-8-,12-9-,19-16-,20-17-,21-18-,28-25-,29-26-,33-31-,34-27-,37-35-,44-41-,46-43-. The lowest BCUT2D eigenvalue weighted by Gasteiger charge is -2.21. The number of unbranched alkanes of at least 4 members (excludes halogenated alkanes) is 9. The fraction of sp³-hybridized carbons (Fsp3) is 0.561. The van der Waals surface area contributed by atoms with Gasteiger partial charge in [-0.15, -0.1) is 0 Å². The van der Waals surface area contributed by atoms with Crippen molar-refractivity contribution in [1.29, 1.82) is 0 Å². The molecule has 0 aliphatic heterocycles. The van der Waals surface area contributed by atoms with Crippen molar-refractivity contribution in [2.75, 3.05) is 26.4 Å². The van der Waals surface area contributed by atoms with Crippen molar-refractivity contribution in [2.45, 2.75) is 213 Å². The van der Waals surface area contributed by atoms with Crippen molar-refractivity contribution in [1.82, 2.24) is 0 Å². The van der Waals surface area contributed by atoms with Gasteiger partial charge in [0.1, 0.15) is 12.7 Å². The summed E-state index contributed by atoms with van der Waals surface area (Å²) in [6.45, 7) is 4.15. The maximum absolute atomic E-state index is 12.9. The molecule has 0 aliphatic carbocycles. The monoisotopic (exact) mass is 1100 g/mol. The molecule has 0 aliphatic rings. The van der Waals surface area contributed by atoms with Crippen LogP contribution in [0.2, 0.25) is 0 Å². The first-order valence-corrected chi connectivity index (χ1v) is 30.9. The highest BCUT2D eigenvalue weighted by atomic mass is 31.2.